The molecule has 19 heavy (non-hydrogen) atoms. The van der Waals surface area contributed by atoms with Crippen molar-refractivity contribution in [1.29, 1.82) is 0 Å². The zero-order valence-electron chi connectivity index (χ0n) is 13.1. The molecule has 0 spiro atoms. The molecule has 1 heterocycles. The molecule has 3 heteroatoms. The highest BCUT2D eigenvalue weighted by atomic mass is 32.1. The molecule has 0 bridgehead atoms. The zero-order chi connectivity index (χ0) is 14.3. The van der Waals surface area contributed by atoms with E-state index in [-0.39, 0.29) is 5.60 Å². The van der Waals surface area contributed by atoms with Crippen molar-refractivity contribution in [2.45, 2.75) is 65.5 Å². The van der Waals surface area contributed by atoms with Crippen LogP contribution in [-0.2, 0) is 4.74 Å². The van der Waals surface area contributed by atoms with E-state index in [0.29, 0.717) is 6.04 Å². The Labute approximate surface area is 122 Å². The first-order valence-corrected chi connectivity index (χ1v) is 8.38. The average molecular weight is 283 g/mol. The van der Waals surface area contributed by atoms with Gasteiger partial charge in [0.25, 0.3) is 0 Å². The van der Waals surface area contributed by atoms with Gasteiger partial charge in [0.1, 0.15) is 0 Å². The normalized spacial score (nSPS) is 13.7. The van der Waals surface area contributed by atoms with E-state index >= 15 is 0 Å². The van der Waals surface area contributed by atoms with Crippen LogP contribution in [0.15, 0.2) is 12.1 Å². The minimum Gasteiger partial charge on any atom is -0.373 e. The van der Waals surface area contributed by atoms with Crippen LogP contribution in [0.3, 0.4) is 0 Å². The van der Waals surface area contributed by atoms with Crippen LogP contribution in [0.2, 0.25) is 0 Å². The second kappa shape index (κ2) is 8.03. The summed E-state index contributed by atoms with van der Waals surface area (Å²) in [5, 5.41) is 3.71. The lowest BCUT2D eigenvalue weighted by atomic mass is 9.87. The fourth-order valence-corrected chi connectivity index (χ4v) is 3.74. The van der Waals surface area contributed by atoms with Crippen LogP contribution in [0.4, 0.5) is 0 Å². The minimum absolute atomic E-state index is 0.0821. The van der Waals surface area contributed by atoms with Crippen LogP contribution < -0.4 is 5.32 Å². The van der Waals surface area contributed by atoms with Crippen molar-refractivity contribution in [3.8, 4) is 0 Å². The van der Waals surface area contributed by atoms with E-state index in [4.69, 9.17) is 4.74 Å². The highest BCUT2D eigenvalue weighted by molar-refractivity contribution is 7.12. The molecule has 1 rings (SSSR count). The Kier molecular flexibility index (Phi) is 7.05. The number of aryl methyl sites for hydroxylation is 1. The minimum atomic E-state index is -0.0821. The van der Waals surface area contributed by atoms with Crippen molar-refractivity contribution < 1.29 is 4.74 Å². The molecule has 0 saturated heterocycles. The SMILES string of the molecule is CCCNC(c1ccc(C)s1)C(CC)(CC)OCC. The third-order valence-electron chi connectivity index (χ3n) is 3.80. The maximum absolute atomic E-state index is 6.19. The van der Waals surface area contributed by atoms with Crippen LogP contribution >= 0.6 is 11.3 Å². The highest BCUT2D eigenvalue weighted by Gasteiger charge is 2.37. The molecule has 0 amide bonds. The summed E-state index contributed by atoms with van der Waals surface area (Å²) in [4.78, 5) is 2.78. The van der Waals surface area contributed by atoms with E-state index in [9.17, 15) is 0 Å². The Morgan fingerprint density at radius 1 is 1.21 bits per heavy atom. The van der Waals surface area contributed by atoms with Gasteiger partial charge in [0, 0.05) is 16.4 Å². The van der Waals surface area contributed by atoms with E-state index in [0.717, 1.165) is 32.4 Å². The van der Waals surface area contributed by atoms with E-state index in [2.05, 4.69) is 52.1 Å². The molecule has 110 valence electrons. The molecule has 0 aliphatic rings. The molecule has 0 aliphatic carbocycles. The second-order valence-corrected chi connectivity index (χ2v) is 6.36. The number of hydrogen-bond acceptors (Lipinski definition) is 3. The zero-order valence-corrected chi connectivity index (χ0v) is 13.9. The van der Waals surface area contributed by atoms with E-state index in [1.165, 1.54) is 9.75 Å². The van der Waals surface area contributed by atoms with Crippen molar-refractivity contribution in [2.24, 2.45) is 0 Å². The Bertz CT molecular complexity index is 357. The van der Waals surface area contributed by atoms with Gasteiger partial charge in [-0.25, -0.2) is 0 Å². The monoisotopic (exact) mass is 283 g/mol. The van der Waals surface area contributed by atoms with Crippen molar-refractivity contribution in [1.82, 2.24) is 5.32 Å². The van der Waals surface area contributed by atoms with Crippen LogP contribution in [0.25, 0.3) is 0 Å². The molecular weight excluding hydrogens is 254 g/mol. The number of hydrogen-bond donors (Lipinski definition) is 1. The molecule has 1 atom stereocenters. The summed E-state index contributed by atoms with van der Waals surface area (Å²) in [5.74, 6) is 0. The summed E-state index contributed by atoms with van der Waals surface area (Å²) in [6.07, 6.45) is 3.22. The Morgan fingerprint density at radius 2 is 1.89 bits per heavy atom. The molecule has 0 aliphatic heterocycles. The van der Waals surface area contributed by atoms with E-state index < -0.39 is 0 Å². The number of rotatable bonds is 9. The molecule has 1 aromatic rings. The summed E-state index contributed by atoms with van der Waals surface area (Å²) in [7, 11) is 0. The third kappa shape index (κ3) is 4.04. The summed E-state index contributed by atoms with van der Waals surface area (Å²) >= 11 is 1.89. The van der Waals surface area contributed by atoms with Crippen molar-refractivity contribution in [2.75, 3.05) is 13.2 Å². The number of thiophene rings is 1. The largest absolute Gasteiger partial charge is 0.373 e. The molecule has 0 radical (unpaired) electrons. The molecule has 0 saturated carbocycles. The van der Waals surface area contributed by atoms with Crippen LogP contribution in [0.5, 0.6) is 0 Å². The maximum Gasteiger partial charge on any atom is 0.0878 e. The lowest BCUT2D eigenvalue weighted by Crippen LogP contribution is -2.45. The third-order valence-corrected chi connectivity index (χ3v) is 4.86. The van der Waals surface area contributed by atoms with Crippen molar-refractivity contribution >= 4 is 11.3 Å². The lowest BCUT2D eigenvalue weighted by Gasteiger charge is -2.39. The van der Waals surface area contributed by atoms with Gasteiger partial charge in [-0.3, -0.25) is 0 Å². The van der Waals surface area contributed by atoms with Crippen LogP contribution in [0, 0.1) is 6.92 Å². The van der Waals surface area contributed by atoms with Gasteiger partial charge in [0.2, 0.25) is 0 Å². The van der Waals surface area contributed by atoms with Gasteiger partial charge in [-0.15, -0.1) is 11.3 Å². The van der Waals surface area contributed by atoms with Gasteiger partial charge in [0.05, 0.1) is 11.6 Å². The smallest absolute Gasteiger partial charge is 0.0878 e. The standard InChI is InChI=1S/C16H29NOS/c1-6-12-17-15(14-11-10-13(5)19-14)16(7-2,8-3)18-9-4/h10-11,15,17H,6-9,12H2,1-5H3. The van der Waals surface area contributed by atoms with Gasteiger partial charge in [0.15, 0.2) is 0 Å². The second-order valence-electron chi connectivity index (χ2n) is 5.04. The van der Waals surface area contributed by atoms with Crippen molar-refractivity contribution in [3.05, 3.63) is 21.9 Å². The van der Waals surface area contributed by atoms with Crippen LogP contribution in [-0.4, -0.2) is 18.8 Å². The summed E-state index contributed by atoms with van der Waals surface area (Å²) in [6, 6.07) is 4.77. The Hall–Kier alpha value is -0.380. The fraction of sp³-hybridized carbons (Fsp3) is 0.750. The molecule has 2 nitrogen and oxygen atoms in total. The average Bonchev–Trinajstić information content (AvgIpc) is 2.84. The molecule has 1 aromatic heterocycles. The van der Waals surface area contributed by atoms with Gasteiger partial charge in [-0.2, -0.15) is 0 Å². The Balaban J connectivity index is 3.05. The highest BCUT2D eigenvalue weighted by Crippen LogP contribution is 2.38. The maximum atomic E-state index is 6.19. The molecule has 1 unspecified atom stereocenters. The first kappa shape index (κ1) is 16.7. The molecule has 0 aromatic carbocycles. The van der Waals surface area contributed by atoms with E-state index in [1.54, 1.807) is 0 Å². The predicted molar refractivity (Wildman–Crippen MR) is 85.0 cm³/mol. The first-order valence-electron chi connectivity index (χ1n) is 7.57. The summed E-state index contributed by atoms with van der Waals surface area (Å²) in [6.45, 7) is 12.8. The lowest BCUT2D eigenvalue weighted by molar-refractivity contribution is -0.0724. The van der Waals surface area contributed by atoms with Gasteiger partial charge >= 0.3 is 0 Å². The van der Waals surface area contributed by atoms with Gasteiger partial charge in [-0.05, 0) is 51.8 Å². The van der Waals surface area contributed by atoms with Crippen LogP contribution in [0.1, 0.15) is 62.8 Å². The van der Waals surface area contributed by atoms with E-state index in [1.807, 2.05) is 11.3 Å². The fourth-order valence-electron chi connectivity index (χ4n) is 2.68. The topological polar surface area (TPSA) is 21.3 Å². The number of ether oxygens (including phenoxy) is 1. The Morgan fingerprint density at radius 3 is 2.32 bits per heavy atom. The quantitative estimate of drug-likeness (QED) is 0.709. The summed E-state index contributed by atoms with van der Waals surface area (Å²) < 4.78 is 6.19. The molecule has 1 N–H and O–H groups in total. The molecule has 0 fully saturated rings. The van der Waals surface area contributed by atoms with Crippen molar-refractivity contribution in [3.63, 3.8) is 0 Å². The summed E-state index contributed by atoms with van der Waals surface area (Å²) in [5.41, 5.74) is -0.0821. The van der Waals surface area contributed by atoms with Gasteiger partial charge in [-0.1, -0.05) is 20.8 Å². The van der Waals surface area contributed by atoms with Gasteiger partial charge < -0.3 is 10.1 Å². The predicted octanol–water partition coefficient (Wildman–Crippen LogP) is 4.69. The molecular formula is C16H29NOS. The first-order chi connectivity index (χ1) is 9.13. The number of nitrogens with one attached hydrogen (secondary N) is 1.